The van der Waals surface area contributed by atoms with Gasteiger partial charge in [-0.1, -0.05) is 38.2 Å². The first kappa shape index (κ1) is 5.61. The summed E-state index contributed by atoms with van der Waals surface area (Å²) in [5.74, 6) is 0. The van der Waals surface area contributed by atoms with Crippen molar-refractivity contribution in [3.63, 3.8) is 0 Å². The summed E-state index contributed by atoms with van der Waals surface area (Å²) in [4.78, 5) is 0. The largest absolute Gasteiger partial charge is 0.0748 e. The van der Waals surface area contributed by atoms with E-state index in [9.17, 15) is 0 Å². The van der Waals surface area contributed by atoms with E-state index in [1.165, 1.54) is 6.42 Å². The van der Waals surface area contributed by atoms with Crippen LogP contribution in [-0.2, 0) is 0 Å². The van der Waals surface area contributed by atoms with Crippen LogP contribution in [0.5, 0.6) is 0 Å². The average molecular weight is 108 g/mol. The van der Waals surface area contributed by atoms with Gasteiger partial charge in [0.1, 0.15) is 0 Å². The first-order valence-electron chi connectivity index (χ1n) is 3.14. The van der Waals surface area contributed by atoms with Crippen LogP contribution in [-0.4, -0.2) is 0 Å². The van der Waals surface area contributed by atoms with Crippen molar-refractivity contribution in [2.45, 2.75) is 20.3 Å². The minimum Gasteiger partial charge on any atom is -0.0748 e. The van der Waals surface area contributed by atoms with Gasteiger partial charge in [0.25, 0.3) is 0 Å². The zero-order chi connectivity index (χ0) is 6.04. The minimum absolute atomic E-state index is 0.375. The molecule has 1 rings (SSSR count). The Balaban J connectivity index is 2.69. The summed E-state index contributed by atoms with van der Waals surface area (Å²) in [6, 6.07) is 0. The van der Waals surface area contributed by atoms with Gasteiger partial charge in [0.15, 0.2) is 0 Å². The second-order valence-electron chi connectivity index (χ2n) is 2.58. The van der Waals surface area contributed by atoms with E-state index in [0.29, 0.717) is 5.41 Å². The smallest absolute Gasteiger partial charge is 0.00363 e. The molecule has 0 fully saturated rings. The van der Waals surface area contributed by atoms with Crippen molar-refractivity contribution in [1.29, 1.82) is 0 Å². The minimum atomic E-state index is 0.375. The fourth-order valence-corrected chi connectivity index (χ4v) is 0.842. The normalized spacial score (nSPS) is 22.2. The molecule has 0 amide bonds. The fraction of sp³-hybridized carbons (Fsp3) is 0.500. The van der Waals surface area contributed by atoms with Crippen LogP contribution in [0.1, 0.15) is 20.3 Å². The highest BCUT2D eigenvalue weighted by Gasteiger charge is 2.15. The number of allylic oxidation sites excluding steroid dienone is 4. The number of rotatable bonds is 1. The molecular weight excluding hydrogens is 96.1 g/mol. The van der Waals surface area contributed by atoms with Gasteiger partial charge in [0.05, 0.1) is 0 Å². The highest BCUT2D eigenvalue weighted by molar-refractivity contribution is 5.22. The van der Waals surface area contributed by atoms with Crippen LogP contribution < -0.4 is 0 Å². The summed E-state index contributed by atoms with van der Waals surface area (Å²) in [6.07, 6.45) is 9.92. The Morgan fingerprint density at radius 3 is 2.00 bits per heavy atom. The zero-order valence-corrected chi connectivity index (χ0v) is 5.52. The van der Waals surface area contributed by atoms with Crippen molar-refractivity contribution in [1.82, 2.24) is 0 Å². The van der Waals surface area contributed by atoms with Gasteiger partial charge in [-0.2, -0.15) is 0 Å². The average Bonchev–Trinajstić information content (AvgIpc) is 2.17. The molecule has 0 saturated carbocycles. The summed E-state index contributed by atoms with van der Waals surface area (Å²) in [7, 11) is 0. The fourth-order valence-electron chi connectivity index (χ4n) is 0.842. The molecule has 0 nitrogen and oxygen atoms in total. The Bertz CT molecular complexity index is 117. The lowest BCUT2D eigenvalue weighted by molar-refractivity contribution is 0.538. The molecule has 0 heterocycles. The lowest BCUT2D eigenvalue weighted by Gasteiger charge is -2.14. The van der Waals surface area contributed by atoms with Crippen LogP contribution in [0.15, 0.2) is 24.3 Å². The predicted molar refractivity (Wildman–Crippen MR) is 36.7 cm³/mol. The third-order valence-corrected chi connectivity index (χ3v) is 1.83. The summed E-state index contributed by atoms with van der Waals surface area (Å²) < 4.78 is 0. The van der Waals surface area contributed by atoms with Gasteiger partial charge in [-0.15, -0.1) is 0 Å². The summed E-state index contributed by atoms with van der Waals surface area (Å²) in [5, 5.41) is 0. The van der Waals surface area contributed by atoms with Crippen molar-refractivity contribution in [2.24, 2.45) is 5.41 Å². The molecule has 0 saturated heterocycles. The van der Waals surface area contributed by atoms with Gasteiger partial charge in [0.2, 0.25) is 0 Å². The van der Waals surface area contributed by atoms with Crippen molar-refractivity contribution in [3.05, 3.63) is 24.3 Å². The van der Waals surface area contributed by atoms with Crippen LogP contribution >= 0.6 is 0 Å². The Hall–Kier alpha value is -0.520. The van der Waals surface area contributed by atoms with Gasteiger partial charge in [-0.3, -0.25) is 0 Å². The Morgan fingerprint density at radius 1 is 1.25 bits per heavy atom. The van der Waals surface area contributed by atoms with E-state index in [-0.39, 0.29) is 0 Å². The van der Waals surface area contributed by atoms with Crippen molar-refractivity contribution in [3.8, 4) is 0 Å². The van der Waals surface area contributed by atoms with Crippen molar-refractivity contribution in [2.75, 3.05) is 0 Å². The van der Waals surface area contributed by atoms with E-state index in [1.54, 1.807) is 0 Å². The van der Waals surface area contributed by atoms with Crippen molar-refractivity contribution >= 4 is 0 Å². The van der Waals surface area contributed by atoms with E-state index in [2.05, 4.69) is 38.2 Å². The standard InChI is InChI=1S/C8H12/c1-3-8(2)6-4-5-7-8/h4-7H,3H2,1-2H3. The molecular formula is C8H12. The molecule has 0 atom stereocenters. The molecule has 0 aromatic carbocycles. The Morgan fingerprint density at radius 2 is 1.75 bits per heavy atom. The molecule has 0 unspecified atom stereocenters. The third-order valence-electron chi connectivity index (χ3n) is 1.83. The Labute approximate surface area is 50.9 Å². The maximum Gasteiger partial charge on any atom is 0.00363 e. The third kappa shape index (κ3) is 0.835. The summed E-state index contributed by atoms with van der Waals surface area (Å²) in [6.45, 7) is 4.45. The quantitative estimate of drug-likeness (QED) is 0.484. The predicted octanol–water partition coefficient (Wildman–Crippen LogP) is 2.53. The molecule has 0 aliphatic heterocycles. The van der Waals surface area contributed by atoms with E-state index in [1.807, 2.05) is 0 Å². The zero-order valence-electron chi connectivity index (χ0n) is 5.52. The molecule has 1 aliphatic carbocycles. The van der Waals surface area contributed by atoms with Crippen molar-refractivity contribution < 1.29 is 0 Å². The van der Waals surface area contributed by atoms with Crippen LogP contribution in [0.4, 0.5) is 0 Å². The first-order valence-corrected chi connectivity index (χ1v) is 3.14. The molecule has 0 N–H and O–H groups in total. The number of hydrogen-bond donors (Lipinski definition) is 0. The van der Waals surface area contributed by atoms with Gasteiger partial charge >= 0.3 is 0 Å². The summed E-state index contributed by atoms with van der Waals surface area (Å²) >= 11 is 0. The monoisotopic (exact) mass is 108 g/mol. The molecule has 8 heavy (non-hydrogen) atoms. The molecule has 0 bridgehead atoms. The van der Waals surface area contributed by atoms with Gasteiger partial charge < -0.3 is 0 Å². The van der Waals surface area contributed by atoms with Gasteiger partial charge in [-0.05, 0) is 6.42 Å². The molecule has 0 aromatic heterocycles. The molecule has 0 heteroatoms. The molecule has 1 aliphatic rings. The maximum absolute atomic E-state index is 2.24. The first-order chi connectivity index (χ1) is 3.77. The van der Waals surface area contributed by atoms with E-state index in [4.69, 9.17) is 0 Å². The second-order valence-corrected chi connectivity index (χ2v) is 2.58. The lowest BCUT2D eigenvalue weighted by atomic mass is 9.90. The molecule has 0 aromatic rings. The lowest BCUT2D eigenvalue weighted by Crippen LogP contribution is -2.03. The number of hydrogen-bond acceptors (Lipinski definition) is 0. The van der Waals surface area contributed by atoms with Crippen LogP contribution in [0.2, 0.25) is 0 Å². The molecule has 44 valence electrons. The van der Waals surface area contributed by atoms with Gasteiger partial charge in [0, 0.05) is 5.41 Å². The highest BCUT2D eigenvalue weighted by Crippen LogP contribution is 2.28. The SMILES string of the molecule is CCC1(C)C=CC=C1. The van der Waals surface area contributed by atoms with Crippen LogP contribution in [0, 0.1) is 5.41 Å². The van der Waals surface area contributed by atoms with E-state index in [0.717, 1.165) is 0 Å². The maximum atomic E-state index is 2.24. The molecule has 0 radical (unpaired) electrons. The summed E-state index contributed by atoms with van der Waals surface area (Å²) in [5.41, 5.74) is 0.375. The highest BCUT2D eigenvalue weighted by atomic mass is 14.2. The second kappa shape index (κ2) is 1.77. The van der Waals surface area contributed by atoms with E-state index < -0.39 is 0 Å². The van der Waals surface area contributed by atoms with Crippen LogP contribution in [0.3, 0.4) is 0 Å². The van der Waals surface area contributed by atoms with E-state index >= 15 is 0 Å². The Kier molecular flexibility index (Phi) is 1.24. The van der Waals surface area contributed by atoms with Gasteiger partial charge in [-0.25, -0.2) is 0 Å². The topological polar surface area (TPSA) is 0 Å². The molecule has 0 spiro atoms. The van der Waals surface area contributed by atoms with Crippen LogP contribution in [0.25, 0.3) is 0 Å².